The molecule has 2 aromatic carbocycles. The molecule has 6 heterocycles. The van der Waals surface area contributed by atoms with Gasteiger partial charge in [-0.3, -0.25) is 27.8 Å². The Kier molecular flexibility index (Phi) is 15.9. The van der Waals surface area contributed by atoms with Gasteiger partial charge in [0, 0.05) is 11.1 Å². The third-order valence-electron chi connectivity index (χ3n) is 12.1. The van der Waals surface area contributed by atoms with Crippen molar-refractivity contribution in [3.63, 3.8) is 0 Å². The lowest BCUT2D eigenvalue weighted by atomic mass is 10.1. The number of anilines is 2. The second-order valence-corrected chi connectivity index (χ2v) is 26.2. The van der Waals surface area contributed by atoms with Crippen molar-refractivity contribution in [1.82, 2.24) is 39.0 Å². The molecule has 4 N–H and O–H groups in total. The molecule has 28 heteroatoms. The number of amides is 2. The van der Waals surface area contributed by atoms with Crippen LogP contribution in [0.4, 0.5) is 16.0 Å². The van der Waals surface area contributed by atoms with Gasteiger partial charge >= 0.3 is 15.0 Å². The molecule has 2 aliphatic rings. The topological polar surface area (TPSA) is 291 Å². The first-order chi connectivity index (χ1) is 33.9. The fourth-order valence-electron chi connectivity index (χ4n) is 7.57. The molecule has 376 valence electrons. The standard InChI is InChI=1S/C43H50FN11O12P2SSi/c1-43(2,3)71(4,5)67-33-27(19-56)63-42(55-24-51-31-36(47-22-49-38(31)55)53-40(58)26-15-10-7-11-16-26)34(33)66-69(70,61-18-12-17-45)62-20-28-32(65-68(59)60)29(44)41(64-28)54-23-50-30-35(46-21-48-37(30)54)52-39(57)25-13-8-6-9-14-25/h6-11,13-16,21-24,27-29,32-34,41-42,56,68H,12,18-20H2,1-5H3,(H,59,60)(H,46,48,52,57)(H,47,49,53,58)/t27-,28-,29-,32-,33-,34-,41-,42-,69?/m1/s1. The van der Waals surface area contributed by atoms with Crippen LogP contribution in [0.2, 0.25) is 18.1 Å². The van der Waals surface area contributed by atoms with Crippen LogP contribution in [0.15, 0.2) is 86.0 Å². The predicted molar refractivity (Wildman–Crippen MR) is 259 cm³/mol. The van der Waals surface area contributed by atoms with E-state index >= 15 is 4.39 Å². The summed E-state index contributed by atoms with van der Waals surface area (Å²) in [6.07, 6.45) is -6.69. The highest BCUT2D eigenvalue weighted by molar-refractivity contribution is 8.07. The summed E-state index contributed by atoms with van der Waals surface area (Å²) in [6.45, 7) is 4.40. The Balaban J connectivity index is 1.10. The van der Waals surface area contributed by atoms with Crippen molar-refractivity contribution in [2.24, 2.45) is 0 Å². The monoisotopic (exact) mass is 1050 g/mol. The number of halogens is 1. The third-order valence-corrected chi connectivity index (χ3v) is 19.4. The number of aromatic nitrogens is 8. The number of imidazole rings is 2. The summed E-state index contributed by atoms with van der Waals surface area (Å²) in [5.41, 5.74) is 1.22. The van der Waals surface area contributed by atoms with Gasteiger partial charge in [0.2, 0.25) is 0 Å². The molecule has 10 atom stereocenters. The summed E-state index contributed by atoms with van der Waals surface area (Å²) >= 11 is 6.05. The summed E-state index contributed by atoms with van der Waals surface area (Å²) in [6, 6.07) is 18.8. The largest absolute Gasteiger partial charge is 0.408 e. The maximum Gasteiger partial charge on any atom is 0.327 e. The van der Waals surface area contributed by atoms with Gasteiger partial charge in [-0.1, -0.05) is 57.2 Å². The molecule has 0 aliphatic carbocycles. The molecule has 2 amide bonds. The van der Waals surface area contributed by atoms with Crippen molar-refractivity contribution < 1.29 is 60.5 Å². The zero-order valence-electron chi connectivity index (χ0n) is 38.8. The molecule has 23 nitrogen and oxygen atoms in total. The van der Waals surface area contributed by atoms with Gasteiger partial charge in [-0.25, -0.2) is 34.3 Å². The minimum Gasteiger partial charge on any atom is -0.408 e. The van der Waals surface area contributed by atoms with Crippen molar-refractivity contribution in [1.29, 1.82) is 5.26 Å². The summed E-state index contributed by atoms with van der Waals surface area (Å²) in [5.74, 6) is -0.818. The van der Waals surface area contributed by atoms with Crippen LogP contribution in [0.1, 0.15) is 60.4 Å². The minimum atomic E-state index is -4.18. The molecule has 0 spiro atoms. The average molecular weight is 1050 g/mol. The molecule has 4 aromatic heterocycles. The van der Waals surface area contributed by atoms with Gasteiger partial charge in [-0.15, -0.1) is 0 Å². The highest BCUT2D eigenvalue weighted by Gasteiger charge is 2.54. The van der Waals surface area contributed by atoms with Gasteiger partial charge < -0.3 is 48.1 Å². The van der Waals surface area contributed by atoms with E-state index in [4.69, 9.17) is 43.8 Å². The number of ether oxygens (including phenoxy) is 2. The molecule has 0 saturated carbocycles. The van der Waals surface area contributed by atoms with Crippen molar-refractivity contribution >= 4 is 80.9 Å². The van der Waals surface area contributed by atoms with Crippen LogP contribution in [-0.2, 0) is 48.4 Å². The van der Waals surface area contributed by atoms with Gasteiger partial charge in [0.05, 0.1) is 45.0 Å². The van der Waals surface area contributed by atoms with E-state index in [9.17, 15) is 29.4 Å². The Labute approximate surface area is 412 Å². The van der Waals surface area contributed by atoms with E-state index in [0.29, 0.717) is 11.1 Å². The van der Waals surface area contributed by atoms with Gasteiger partial charge in [0.15, 0.2) is 60.9 Å². The summed E-state index contributed by atoms with van der Waals surface area (Å²) < 4.78 is 75.6. The van der Waals surface area contributed by atoms with Gasteiger partial charge in [-0.05, 0) is 54.2 Å². The van der Waals surface area contributed by atoms with E-state index < -0.39 is 97.5 Å². The van der Waals surface area contributed by atoms with Crippen LogP contribution in [-0.4, -0.2) is 126 Å². The molecule has 2 aliphatic heterocycles. The number of aliphatic hydroxyl groups excluding tert-OH is 1. The van der Waals surface area contributed by atoms with Crippen molar-refractivity contribution in [2.75, 3.05) is 30.5 Å². The van der Waals surface area contributed by atoms with Crippen LogP contribution < -0.4 is 10.6 Å². The molecule has 0 radical (unpaired) electrons. The van der Waals surface area contributed by atoms with E-state index in [0.717, 1.165) is 6.33 Å². The van der Waals surface area contributed by atoms with Crippen LogP contribution in [0.5, 0.6) is 0 Å². The van der Waals surface area contributed by atoms with Crippen LogP contribution >= 0.6 is 15.0 Å². The smallest absolute Gasteiger partial charge is 0.327 e. The number of carbonyl (C=O) groups excluding carboxylic acids is 2. The molecule has 0 bridgehead atoms. The number of nitrogens with one attached hydrogen (secondary N) is 2. The number of aliphatic hydroxyl groups is 1. The third kappa shape index (κ3) is 11.3. The molecular weight excluding hydrogens is 1000 g/mol. The first-order valence-electron chi connectivity index (χ1n) is 22.1. The average Bonchev–Trinajstić information content (AvgIpc) is 4.12. The number of rotatable bonds is 19. The maximum atomic E-state index is 16.7. The van der Waals surface area contributed by atoms with Gasteiger partial charge in [0.25, 0.3) is 11.8 Å². The zero-order chi connectivity index (χ0) is 50.7. The van der Waals surface area contributed by atoms with Gasteiger partial charge in [-0.2, -0.15) is 5.26 Å². The van der Waals surface area contributed by atoms with Gasteiger partial charge in [0.1, 0.15) is 43.2 Å². The number of benzene rings is 2. The Bertz CT molecular complexity index is 2990. The number of hydrogen-bond acceptors (Lipinski definition) is 19. The second-order valence-electron chi connectivity index (χ2n) is 17.7. The molecule has 2 saturated heterocycles. The number of nitrogens with zero attached hydrogens (tertiary/aromatic N) is 9. The number of nitriles is 1. The van der Waals surface area contributed by atoms with E-state index in [-0.39, 0.29) is 52.0 Å². The molecule has 6 aromatic rings. The SMILES string of the molecule is CC(C)(C)[Si](C)(C)O[C@H]1[C@@H](OP(=S)(OCCC#N)OC[C@H]2O[C@@H](n3cnc4c(NC(=O)c5ccccc5)ncnc43)[C@H](F)[C@@H]2O[PH](=O)O)[C@H](n2cnc3c(NC(=O)c4ccccc4)ncnc32)O[C@@H]1CO. The van der Waals surface area contributed by atoms with Crippen molar-refractivity contribution in [2.45, 2.75) is 94.5 Å². The Hall–Kier alpha value is -5.36. The fourth-order valence-corrected chi connectivity index (χ4v) is 11.5. The fraction of sp³-hybridized carbons (Fsp3) is 0.419. The van der Waals surface area contributed by atoms with Crippen molar-refractivity contribution in [3.8, 4) is 6.07 Å². The molecule has 2 fully saturated rings. The Morgan fingerprint density at radius 3 is 1.89 bits per heavy atom. The minimum absolute atomic E-state index is 0.0244. The first-order valence-corrected chi connectivity index (χ1v) is 28.8. The van der Waals surface area contributed by atoms with Crippen LogP contribution in [0, 0.1) is 11.3 Å². The number of carbonyl (C=O) groups is 2. The zero-order valence-corrected chi connectivity index (χ0v) is 42.5. The number of hydrogen-bond donors (Lipinski definition) is 4. The summed E-state index contributed by atoms with van der Waals surface area (Å²) in [4.78, 5) is 62.2. The normalized spacial score (nSPS) is 23.9. The number of fused-ring (bicyclic) bond motifs is 2. The Morgan fingerprint density at radius 1 is 0.845 bits per heavy atom. The number of alkyl halides is 1. The second kappa shape index (κ2) is 21.8. The summed E-state index contributed by atoms with van der Waals surface area (Å²) in [7, 11) is -6.54. The van der Waals surface area contributed by atoms with Crippen LogP contribution in [0.3, 0.4) is 0 Å². The lowest BCUT2D eigenvalue weighted by Crippen LogP contribution is -2.50. The molecule has 2 unspecified atom stereocenters. The van der Waals surface area contributed by atoms with E-state index in [2.05, 4.69) is 40.5 Å². The quantitative estimate of drug-likeness (QED) is 0.0410. The lowest BCUT2D eigenvalue weighted by Gasteiger charge is -2.41. The highest BCUT2D eigenvalue weighted by atomic mass is 32.5. The van der Waals surface area contributed by atoms with E-state index in [1.807, 2.05) is 39.9 Å². The Morgan fingerprint density at radius 2 is 1.38 bits per heavy atom. The highest BCUT2D eigenvalue weighted by Crippen LogP contribution is 2.56. The van der Waals surface area contributed by atoms with E-state index in [1.165, 1.54) is 28.1 Å². The van der Waals surface area contributed by atoms with Crippen molar-refractivity contribution in [3.05, 3.63) is 97.1 Å². The molecular formula is C43H50FN11O12P2SSi. The maximum absolute atomic E-state index is 16.7. The van der Waals surface area contributed by atoms with Crippen LogP contribution in [0.25, 0.3) is 22.3 Å². The summed E-state index contributed by atoms with van der Waals surface area (Å²) in [5, 5.41) is 25.5. The molecule has 8 rings (SSSR count). The lowest BCUT2D eigenvalue weighted by molar-refractivity contribution is -0.0560. The van der Waals surface area contributed by atoms with E-state index in [1.54, 1.807) is 60.7 Å². The predicted octanol–water partition coefficient (Wildman–Crippen LogP) is 6.01. The first kappa shape index (κ1) is 52.0. The molecule has 71 heavy (non-hydrogen) atoms.